The SMILES string of the molecule is COC(=O)c1ccc(CN2CCOC(C#N)C2)cc1F. The van der Waals surface area contributed by atoms with Crippen LogP contribution in [0.2, 0.25) is 0 Å². The number of halogens is 1. The summed E-state index contributed by atoms with van der Waals surface area (Å²) >= 11 is 0. The molecule has 1 atom stereocenters. The van der Waals surface area contributed by atoms with Crippen LogP contribution in [0.3, 0.4) is 0 Å². The Morgan fingerprint density at radius 3 is 3.10 bits per heavy atom. The van der Waals surface area contributed by atoms with E-state index >= 15 is 0 Å². The molecule has 0 spiro atoms. The molecule has 106 valence electrons. The van der Waals surface area contributed by atoms with Gasteiger partial charge >= 0.3 is 5.97 Å². The fourth-order valence-electron chi connectivity index (χ4n) is 2.11. The van der Waals surface area contributed by atoms with Gasteiger partial charge in [0.15, 0.2) is 6.10 Å². The van der Waals surface area contributed by atoms with E-state index in [4.69, 9.17) is 10.00 Å². The molecule has 1 aliphatic rings. The molecule has 1 aromatic carbocycles. The lowest BCUT2D eigenvalue weighted by molar-refractivity contribution is -0.00271. The first-order valence-corrected chi connectivity index (χ1v) is 6.24. The number of nitrogens with zero attached hydrogens (tertiary/aromatic N) is 2. The van der Waals surface area contributed by atoms with Crippen LogP contribution >= 0.6 is 0 Å². The molecule has 0 aromatic heterocycles. The average Bonchev–Trinajstić information content (AvgIpc) is 2.47. The third-order valence-corrected chi connectivity index (χ3v) is 3.14. The van der Waals surface area contributed by atoms with E-state index in [0.29, 0.717) is 26.2 Å². The molecule has 20 heavy (non-hydrogen) atoms. The Bertz CT molecular complexity index is 542. The molecule has 2 rings (SSSR count). The van der Waals surface area contributed by atoms with Crippen LogP contribution in [0.1, 0.15) is 15.9 Å². The van der Waals surface area contributed by atoms with Crippen molar-refractivity contribution in [2.75, 3.05) is 26.8 Å². The zero-order valence-electron chi connectivity index (χ0n) is 11.1. The average molecular weight is 278 g/mol. The quantitative estimate of drug-likeness (QED) is 0.781. The molecule has 1 aromatic rings. The second-order valence-corrected chi connectivity index (χ2v) is 4.53. The number of benzene rings is 1. The summed E-state index contributed by atoms with van der Waals surface area (Å²) in [5.41, 5.74) is 0.668. The van der Waals surface area contributed by atoms with Crippen molar-refractivity contribution in [1.29, 1.82) is 5.26 Å². The van der Waals surface area contributed by atoms with Crippen molar-refractivity contribution >= 4 is 5.97 Å². The van der Waals surface area contributed by atoms with Gasteiger partial charge in [-0.25, -0.2) is 9.18 Å². The summed E-state index contributed by atoms with van der Waals surface area (Å²) in [5.74, 6) is -1.29. The van der Waals surface area contributed by atoms with Crippen LogP contribution in [-0.2, 0) is 16.0 Å². The van der Waals surface area contributed by atoms with Gasteiger partial charge in [0.2, 0.25) is 0 Å². The third-order valence-electron chi connectivity index (χ3n) is 3.14. The van der Waals surface area contributed by atoms with Crippen molar-refractivity contribution in [3.63, 3.8) is 0 Å². The van der Waals surface area contributed by atoms with Crippen molar-refractivity contribution in [3.8, 4) is 6.07 Å². The second kappa shape index (κ2) is 6.46. The molecule has 0 bridgehead atoms. The Hall–Kier alpha value is -1.97. The molecule has 1 fully saturated rings. The zero-order chi connectivity index (χ0) is 14.5. The lowest BCUT2D eigenvalue weighted by Crippen LogP contribution is -2.41. The first-order valence-electron chi connectivity index (χ1n) is 6.24. The number of morpholine rings is 1. The first kappa shape index (κ1) is 14.4. The summed E-state index contributed by atoms with van der Waals surface area (Å²) in [6.45, 7) is 2.19. The van der Waals surface area contributed by atoms with E-state index in [2.05, 4.69) is 10.8 Å². The summed E-state index contributed by atoms with van der Waals surface area (Å²) in [4.78, 5) is 13.3. The van der Waals surface area contributed by atoms with Crippen molar-refractivity contribution < 1.29 is 18.7 Å². The Kier molecular flexibility index (Phi) is 4.66. The van der Waals surface area contributed by atoms with Gasteiger partial charge in [-0.2, -0.15) is 5.26 Å². The summed E-state index contributed by atoms with van der Waals surface area (Å²) in [7, 11) is 1.21. The van der Waals surface area contributed by atoms with Gasteiger partial charge in [0.1, 0.15) is 5.82 Å². The number of hydrogen-bond donors (Lipinski definition) is 0. The monoisotopic (exact) mass is 278 g/mol. The molecule has 5 nitrogen and oxygen atoms in total. The van der Waals surface area contributed by atoms with Crippen LogP contribution in [0.5, 0.6) is 0 Å². The topological polar surface area (TPSA) is 62.6 Å². The van der Waals surface area contributed by atoms with Gasteiger partial charge in [-0.05, 0) is 17.7 Å². The van der Waals surface area contributed by atoms with E-state index in [1.54, 1.807) is 6.07 Å². The Morgan fingerprint density at radius 2 is 2.45 bits per heavy atom. The summed E-state index contributed by atoms with van der Waals surface area (Å²) in [6, 6.07) is 6.49. The van der Waals surface area contributed by atoms with Gasteiger partial charge in [0.25, 0.3) is 0 Å². The number of methoxy groups -OCH3 is 1. The molecule has 1 heterocycles. The minimum absolute atomic E-state index is 0.0758. The molecule has 0 N–H and O–H groups in total. The Balaban J connectivity index is 2.05. The van der Waals surface area contributed by atoms with Crippen molar-refractivity contribution in [1.82, 2.24) is 4.90 Å². The highest BCUT2D eigenvalue weighted by atomic mass is 19.1. The lowest BCUT2D eigenvalue weighted by Gasteiger charge is -2.29. The van der Waals surface area contributed by atoms with E-state index in [-0.39, 0.29) is 5.56 Å². The van der Waals surface area contributed by atoms with Gasteiger partial charge in [-0.1, -0.05) is 6.07 Å². The van der Waals surface area contributed by atoms with E-state index in [9.17, 15) is 9.18 Å². The number of rotatable bonds is 3. The predicted octanol–water partition coefficient (Wildman–Crippen LogP) is 1.34. The molecule has 0 aliphatic carbocycles. The maximum atomic E-state index is 13.8. The van der Waals surface area contributed by atoms with Gasteiger partial charge in [-0.15, -0.1) is 0 Å². The molecule has 1 saturated heterocycles. The van der Waals surface area contributed by atoms with Gasteiger partial charge in [-0.3, -0.25) is 4.90 Å². The highest BCUT2D eigenvalue weighted by Crippen LogP contribution is 2.15. The first-order chi connectivity index (χ1) is 9.63. The maximum absolute atomic E-state index is 13.8. The number of carbonyl (C=O) groups is 1. The number of nitriles is 1. The van der Waals surface area contributed by atoms with Crippen LogP contribution in [0.15, 0.2) is 18.2 Å². The largest absolute Gasteiger partial charge is 0.465 e. The lowest BCUT2D eigenvalue weighted by atomic mass is 10.1. The number of hydrogen-bond acceptors (Lipinski definition) is 5. The Morgan fingerprint density at radius 1 is 1.65 bits per heavy atom. The van der Waals surface area contributed by atoms with Crippen molar-refractivity contribution in [2.45, 2.75) is 12.6 Å². The molecule has 6 heteroatoms. The van der Waals surface area contributed by atoms with Crippen molar-refractivity contribution in [3.05, 3.63) is 35.1 Å². The molecule has 0 saturated carbocycles. The minimum Gasteiger partial charge on any atom is -0.465 e. The third kappa shape index (κ3) is 3.32. The van der Waals surface area contributed by atoms with Gasteiger partial charge in [0, 0.05) is 19.6 Å². The normalized spacial score (nSPS) is 19.4. The van der Waals surface area contributed by atoms with Gasteiger partial charge < -0.3 is 9.47 Å². The minimum atomic E-state index is -0.690. The number of ether oxygens (including phenoxy) is 2. The van der Waals surface area contributed by atoms with Crippen molar-refractivity contribution in [2.24, 2.45) is 0 Å². The predicted molar refractivity (Wildman–Crippen MR) is 68.4 cm³/mol. The smallest absolute Gasteiger partial charge is 0.340 e. The van der Waals surface area contributed by atoms with E-state index in [0.717, 1.165) is 5.56 Å². The molecule has 1 unspecified atom stereocenters. The second-order valence-electron chi connectivity index (χ2n) is 4.53. The van der Waals surface area contributed by atoms with Crippen LogP contribution in [0, 0.1) is 17.1 Å². The van der Waals surface area contributed by atoms with Crippen LogP contribution in [0.4, 0.5) is 4.39 Å². The van der Waals surface area contributed by atoms with Crippen LogP contribution in [-0.4, -0.2) is 43.8 Å². The Labute approximate surface area is 116 Å². The van der Waals surface area contributed by atoms with Crippen LogP contribution in [0.25, 0.3) is 0 Å². The van der Waals surface area contributed by atoms with E-state index < -0.39 is 17.9 Å². The standard InChI is InChI=1S/C14H15FN2O3/c1-19-14(18)12-3-2-10(6-13(12)15)8-17-4-5-20-11(7-16)9-17/h2-3,6,11H,4-5,8-9H2,1H3. The highest BCUT2D eigenvalue weighted by molar-refractivity contribution is 5.89. The summed E-state index contributed by atoms with van der Waals surface area (Å²) in [5, 5.41) is 8.83. The number of esters is 1. The van der Waals surface area contributed by atoms with E-state index in [1.165, 1.54) is 19.2 Å². The highest BCUT2D eigenvalue weighted by Gasteiger charge is 2.20. The molecule has 0 radical (unpaired) electrons. The summed E-state index contributed by atoms with van der Waals surface area (Å²) in [6.07, 6.45) is -0.442. The molecule has 1 aliphatic heterocycles. The number of carbonyl (C=O) groups excluding carboxylic acids is 1. The molecular formula is C14H15FN2O3. The fourth-order valence-corrected chi connectivity index (χ4v) is 2.11. The molecule has 0 amide bonds. The zero-order valence-corrected chi connectivity index (χ0v) is 11.1. The fraction of sp³-hybridized carbons (Fsp3) is 0.429. The summed E-state index contributed by atoms with van der Waals surface area (Å²) < 4.78 is 23.5. The van der Waals surface area contributed by atoms with E-state index in [1.807, 2.05) is 4.90 Å². The maximum Gasteiger partial charge on any atom is 0.340 e. The van der Waals surface area contributed by atoms with Crippen LogP contribution < -0.4 is 0 Å². The van der Waals surface area contributed by atoms with Gasteiger partial charge in [0.05, 0.1) is 25.3 Å². The molecular weight excluding hydrogens is 263 g/mol.